The van der Waals surface area contributed by atoms with Gasteiger partial charge in [-0.05, 0) is 42.9 Å². The molecule has 18 N–H and O–H groups in total. The van der Waals surface area contributed by atoms with Crippen molar-refractivity contribution in [3.8, 4) is 0 Å². The SMILES string of the molecule is N=C(N)NCCC[C@H](NC(=O)[C@H](CCCNC(=N)N)NC(=O)[C@H](Cc1c[nH]c2ccccc12)NC(=O)[C@H](CS)NC(=O)[C@@H](N)Cc1c[nH]cn1)C(=O)N[C@@H](Cc1ccccc1)C(=O)O. The molecule has 0 unspecified atom stereocenters. The van der Waals surface area contributed by atoms with Crippen LogP contribution in [0.5, 0.6) is 0 Å². The first-order chi connectivity index (χ1) is 30.6. The minimum Gasteiger partial charge on any atom is -0.480 e. The fraction of sp³-hybridized carbons (Fsp3) is 0.390. The average Bonchev–Trinajstić information content (AvgIpc) is 3.94. The topological polar surface area (TPSA) is 377 Å². The van der Waals surface area contributed by atoms with E-state index >= 15 is 0 Å². The Labute approximate surface area is 374 Å². The van der Waals surface area contributed by atoms with Crippen molar-refractivity contribution in [2.24, 2.45) is 17.2 Å². The second kappa shape index (κ2) is 25.1. The number of fused-ring (bicyclic) bond motifs is 1. The number of benzene rings is 2. The number of carbonyl (C=O) groups excluding carboxylic acids is 5. The highest BCUT2D eigenvalue weighted by molar-refractivity contribution is 7.80. The molecule has 0 spiro atoms. The van der Waals surface area contributed by atoms with Gasteiger partial charge >= 0.3 is 5.97 Å². The largest absolute Gasteiger partial charge is 0.480 e. The Kier molecular flexibility index (Phi) is 19.4. The maximum atomic E-state index is 14.4. The van der Waals surface area contributed by atoms with Crippen molar-refractivity contribution >= 4 is 71.0 Å². The summed E-state index contributed by atoms with van der Waals surface area (Å²) in [5.41, 5.74) is 19.6. The van der Waals surface area contributed by atoms with Crippen molar-refractivity contribution in [2.45, 2.75) is 81.2 Å². The number of carbonyl (C=O) groups is 6. The molecule has 2 aromatic heterocycles. The number of nitrogens with two attached hydrogens (primary N) is 3. The van der Waals surface area contributed by atoms with E-state index in [-0.39, 0.29) is 75.7 Å². The van der Waals surface area contributed by atoms with Gasteiger partial charge < -0.3 is 69.5 Å². The highest BCUT2D eigenvalue weighted by Crippen LogP contribution is 2.20. The molecule has 4 aromatic rings. The number of nitrogens with zero attached hydrogens (tertiary/aromatic N) is 1. The van der Waals surface area contributed by atoms with Crippen molar-refractivity contribution in [1.29, 1.82) is 10.8 Å². The highest BCUT2D eigenvalue weighted by atomic mass is 32.1. The van der Waals surface area contributed by atoms with Gasteiger partial charge in [-0.2, -0.15) is 12.6 Å². The summed E-state index contributed by atoms with van der Waals surface area (Å²) in [6.45, 7) is 0.285. The molecule has 0 aliphatic carbocycles. The fourth-order valence-electron chi connectivity index (χ4n) is 6.66. The lowest BCUT2D eigenvalue weighted by Crippen LogP contribution is -2.60. The molecular formula is C41H57N15O7S. The van der Waals surface area contributed by atoms with Crippen molar-refractivity contribution < 1.29 is 33.9 Å². The van der Waals surface area contributed by atoms with Gasteiger partial charge in [0.15, 0.2) is 11.9 Å². The molecule has 0 saturated carbocycles. The normalized spacial score (nSPS) is 13.8. The zero-order valence-electron chi connectivity index (χ0n) is 35.0. The van der Waals surface area contributed by atoms with Crippen molar-refractivity contribution in [3.05, 3.63) is 90.1 Å². The van der Waals surface area contributed by atoms with E-state index < -0.39 is 71.8 Å². The number of imidazole rings is 1. The monoisotopic (exact) mass is 903 g/mol. The minimum atomic E-state index is -1.36. The van der Waals surface area contributed by atoms with Gasteiger partial charge in [0.2, 0.25) is 29.5 Å². The summed E-state index contributed by atoms with van der Waals surface area (Å²) >= 11 is 4.28. The molecule has 2 aromatic carbocycles. The van der Waals surface area contributed by atoms with Gasteiger partial charge in [0, 0.05) is 61.4 Å². The molecule has 6 atom stereocenters. The third kappa shape index (κ3) is 16.0. The summed E-state index contributed by atoms with van der Waals surface area (Å²) in [6, 6.07) is 8.34. The summed E-state index contributed by atoms with van der Waals surface area (Å²) in [4.78, 5) is 91.6. The Bertz CT molecular complexity index is 2210. The molecule has 0 fully saturated rings. The van der Waals surface area contributed by atoms with Crippen LogP contribution in [0.2, 0.25) is 0 Å². The number of H-pyrrole nitrogens is 2. The fourth-order valence-corrected chi connectivity index (χ4v) is 6.92. The summed E-state index contributed by atoms with van der Waals surface area (Å²) < 4.78 is 0. The van der Waals surface area contributed by atoms with Gasteiger partial charge in [-0.1, -0.05) is 48.5 Å². The predicted molar refractivity (Wildman–Crippen MR) is 242 cm³/mol. The Hall–Kier alpha value is -7.14. The second-order valence-electron chi connectivity index (χ2n) is 14.9. The van der Waals surface area contributed by atoms with E-state index in [0.717, 1.165) is 10.9 Å². The Morgan fingerprint density at radius 3 is 1.77 bits per heavy atom. The number of rotatable bonds is 26. The summed E-state index contributed by atoms with van der Waals surface area (Å²) in [6.07, 6.45) is 5.02. The molecule has 0 bridgehead atoms. The zero-order chi connectivity index (χ0) is 46.6. The number of hydrogen-bond acceptors (Lipinski definition) is 11. The van der Waals surface area contributed by atoms with E-state index in [1.165, 1.54) is 6.33 Å². The van der Waals surface area contributed by atoms with Gasteiger partial charge in [-0.3, -0.25) is 34.8 Å². The van der Waals surface area contributed by atoms with Crippen LogP contribution in [-0.2, 0) is 48.0 Å². The maximum Gasteiger partial charge on any atom is 0.326 e. The standard InChI is InChI=1S/C41H57N15O7S/c42-27(18-25-20-47-22-51-25)34(57)56-33(21-64)38(61)54-31(17-24-19-50-28-11-5-4-10-26(24)28)37(60)53-29(12-6-14-48-40(43)44)35(58)52-30(13-7-15-49-41(45)46)36(59)55-32(39(62)63)16-23-8-2-1-3-9-23/h1-5,8-11,19-20,22,27,29-33,50,64H,6-7,12-18,21,42H2,(H,47,51)(H,52,58)(H,53,60)(H,54,61)(H,55,59)(H,56,57)(H,62,63)(H4,43,44,48)(H4,45,46,49)/t27-,29-,30-,31-,32-,33-/m0/s1. The molecule has 64 heavy (non-hydrogen) atoms. The van der Waals surface area contributed by atoms with Crippen molar-refractivity contribution in [1.82, 2.24) is 52.2 Å². The zero-order valence-corrected chi connectivity index (χ0v) is 35.9. The van der Waals surface area contributed by atoms with Crippen LogP contribution in [0.1, 0.15) is 42.5 Å². The number of aromatic amines is 2. The van der Waals surface area contributed by atoms with E-state index in [1.54, 1.807) is 42.7 Å². The van der Waals surface area contributed by atoms with Crippen LogP contribution in [0.25, 0.3) is 10.9 Å². The molecule has 2 heterocycles. The third-order valence-corrected chi connectivity index (χ3v) is 10.4. The minimum absolute atomic E-state index is 0.0243. The third-order valence-electron chi connectivity index (χ3n) is 10.0. The lowest BCUT2D eigenvalue weighted by atomic mass is 10.0. The van der Waals surface area contributed by atoms with Gasteiger partial charge in [-0.25, -0.2) is 9.78 Å². The van der Waals surface area contributed by atoms with Crippen LogP contribution in [0, 0.1) is 10.8 Å². The van der Waals surface area contributed by atoms with Crippen molar-refractivity contribution in [2.75, 3.05) is 18.8 Å². The maximum absolute atomic E-state index is 14.4. The molecule has 23 heteroatoms. The van der Waals surface area contributed by atoms with Crippen LogP contribution in [0.3, 0.4) is 0 Å². The number of amides is 5. The van der Waals surface area contributed by atoms with Crippen LogP contribution in [0.4, 0.5) is 0 Å². The Morgan fingerprint density at radius 2 is 1.20 bits per heavy atom. The van der Waals surface area contributed by atoms with Gasteiger partial charge in [0.25, 0.3) is 0 Å². The highest BCUT2D eigenvalue weighted by Gasteiger charge is 2.33. The number of thiol groups is 1. The predicted octanol–water partition coefficient (Wildman–Crippen LogP) is -1.79. The summed E-state index contributed by atoms with van der Waals surface area (Å²) in [7, 11) is 0. The molecule has 344 valence electrons. The first-order valence-corrected chi connectivity index (χ1v) is 21.1. The van der Waals surface area contributed by atoms with Crippen LogP contribution in [0.15, 0.2) is 73.3 Å². The van der Waals surface area contributed by atoms with Crippen LogP contribution in [-0.4, -0.2) is 123 Å². The molecule has 0 saturated heterocycles. The smallest absolute Gasteiger partial charge is 0.326 e. The number of guanidine groups is 2. The summed E-state index contributed by atoms with van der Waals surface area (Å²) in [5, 5.41) is 44.2. The Balaban J connectivity index is 1.59. The molecule has 0 aliphatic heterocycles. The summed E-state index contributed by atoms with van der Waals surface area (Å²) in [5.74, 6) is -5.93. The van der Waals surface area contributed by atoms with Crippen LogP contribution < -0.4 is 54.4 Å². The van der Waals surface area contributed by atoms with Crippen LogP contribution >= 0.6 is 12.6 Å². The van der Waals surface area contributed by atoms with E-state index in [0.29, 0.717) is 16.8 Å². The molecule has 5 amide bonds. The van der Waals surface area contributed by atoms with Gasteiger partial charge in [0.1, 0.15) is 30.2 Å². The molecule has 0 radical (unpaired) electrons. The lowest BCUT2D eigenvalue weighted by molar-refractivity contribution is -0.142. The second-order valence-corrected chi connectivity index (χ2v) is 15.3. The van der Waals surface area contributed by atoms with Gasteiger partial charge in [0.05, 0.1) is 18.1 Å². The number of aromatic nitrogens is 3. The van der Waals surface area contributed by atoms with E-state index in [1.807, 2.05) is 24.3 Å². The quantitative estimate of drug-likeness (QED) is 0.0144. The molecular weight excluding hydrogens is 847 g/mol. The van der Waals surface area contributed by atoms with E-state index in [9.17, 15) is 33.9 Å². The van der Waals surface area contributed by atoms with Gasteiger partial charge in [-0.15, -0.1) is 0 Å². The number of aliphatic carboxylic acids is 1. The number of carboxylic acids is 1. The molecule has 0 aliphatic rings. The number of hydrogen-bond donors (Lipinski definition) is 16. The number of carboxylic acid groups (broad SMARTS) is 1. The Morgan fingerprint density at radius 1 is 0.672 bits per heavy atom. The molecule has 4 rings (SSSR count). The first kappa shape index (κ1) is 49.5. The van der Waals surface area contributed by atoms with E-state index in [2.05, 4.69) is 64.8 Å². The van der Waals surface area contributed by atoms with E-state index in [4.69, 9.17) is 28.0 Å². The molecule has 22 nitrogen and oxygen atoms in total. The lowest BCUT2D eigenvalue weighted by Gasteiger charge is -2.27. The first-order valence-electron chi connectivity index (χ1n) is 20.5. The number of para-hydroxylation sites is 1. The van der Waals surface area contributed by atoms with Crippen molar-refractivity contribution in [3.63, 3.8) is 0 Å². The number of nitrogens with one attached hydrogen (secondary N) is 11. The average molecular weight is 904 g/mol.